The summed E-state index contributed by atoms with van der Waals surface area (Å²) in [6, 6.07) is 14.0. The van der Waals surface area contributed by atoms with Crippen molar-refractivity contribution >= 4 is 10.8 Å². The Morgan fingerprint density at radius 2 is 1.68 bits per heavy atom. The molecule has 0 atom stereocenters. The number of nitrogens with zero attached hydrogens (tertiary/aromatic N) is 1. The second-order valence-corrected chi connectivity index (χ2v) is 5.27. The highest BCUT2D eigenvalue weighted by Crippen LogP contribution is 2.44. The van der Waals surface area contributed by atoms with Crippen LogP contribution >= 0.6 is 0 Å². The maximum Gasteiger partial charge on any atom is 0.135 e. The summed E-state index contributed by atoms with van der Waals surface area (Å²) in [5.74, 6) is 1.01. The van der Waals surface area contributed by atoms with E-state index in [2.05, 4.69) is 6.07 Å². The zero-order valence-corrected chi connectivity index (χ0v) is 11.5. The van der Waals surface area contributed by atoms with E-state index in [9.17, 15) is 15.5 Å². The van der Waals surface area contributed by atoms with E-state index in [1.807, 2.05) is 6.07 Å². The second kappa shape index (κ2) is 4.40. The van der Waals surface area contributed by atoms with Gasteiger partial charge in [-0.25, -0.2) is 0 Å². The van der Waals surface area contributed by atoms with Crippen molar-refractivity contribution in [2.24, 2.45) is 0 Å². The van der Waals surface area contributed by atoms with Crippen molar-refractivity contribution in [2.75, 3.05) is 0 Å². The normalized spacial score (nSPS) is 12.1. The van der Waals surface area contributed by atoms with Crippen molar-refractivity contribution in [1.82, 2.24) is 0 Å². The molecule has 22 heavy (non-hydrogen) atoms. The molecule has 3 aromatic carbocycles. The predicted octanol–water partition coefficient (Wildman–Crippen LogP) is 3.68. The fraction of sp³-hybridized carbons (Fsp3) is 0.0556. The van der Waals surface area contributed by atoms with Gasteiger partial charge in [0.05, 0.1) is 11.6 Å². The van der Waals surface area contributed by atoms with Crippen LogP contribution in [-0.4, -0.2) is 10.2 Å². The van der Waals surface area contributed by atoms with E-state index in [1.165, 1.54) is 0 Å². The predicted molar refractivity (Wildman–Crippen MR) is 81.8 cm³/mol. The molecule has 0 saturated carbocycles. The van der Waals surface area contributed by atoms with Gasteiger partial charge in [0.15, 0.2) is 0 Å². The summed E-state index contributed by atoms with van der Waals surface area (Å²) in [7, 11) is 0. The molecule has 4 rings (SSSR count). The van der Waals surface area contributed by atoms with Gasteiger partial charge in [-0.3, -0.25) is 0 Å². The van der Waals surface area contributed by atoms with Crippen LogP contribution in [0, 0.1) is 11.3 Å². The average molecular weight is 289 g/mol. The van der Waals surface area contributed by atoms with Crippen molar-refractivity contribution in [3.8, 4) is 34.4 Å². The molecular weight excluding hydrogens is 278 g/mol. The Morgan fingerprint density at radius 1 is 0.909 bits per heavy atom. The molecule has 106 valence electrons. The third kappa shape index (κ3) is 1.69. The molecule has 0 spiro atoms. The first-order valence-electron chi connectivity index (χ1n) is 6.82. The number of phenols is 2. The fourth-order valence-corrected chi connectivity index (χ4v) is 2.95. The van der Waals surface area contributed by atoms with Gasteiger partial charge in [-0.15, -0.1) is 0 Å². The molecule has 0 radical (unpaired) electrons. The Hall–Kier alpha value is -3.19. The van der Waals surface area contributed by atoms with Crippen molar-refractivity contribution in [3.63, 3.8) is 0 Å². The number of hydrogen-bond acceptors (Lipinski definition) is 4. The van der Waals surface area contributed by atoms with E-state index in [-0.39, 0.29) is 11.5 Å². The molecule has 0 bridgehead atoms. The first-order valence-corrected chi connectivity index (χ1v) is 6.82. The minimum absolute atomic E-state index is 0.116. The molecule has 0 aliphatic carbocycles. The topological polar surface area (TPSA) is 73.5 Å². The Labute approximate surface area is 126 Å². The van der Waals surface area contributed by atoms with Gasteiger partial charge in [-0.1, -0.05) is 6.07 Å². The zero-order chi connectivity index (χ0) is 15.3. The van der Waals surface area contributed by atoms with E-state index >= 15 is 0 Å². The fourth-order valence-electron chi connectivity index (χ4n) is 2.95. The van der Waals surface area contributed by atoms with Crippen LogP contribution in [0.2, 0.25) is 0 Å². The molecule has 1 heterocycles. The van der Waals surface area contributed by atoms with Gasteiger partial charge in [0.25, 0.3) is 0 Å². The minimum atomic E-state index is 0.116. The summed E-state index contributed by atoms with van der Waals surface area (Å²) < 4.78 is 5.86. The van der Waals surface area contributed by atoms with Crippen LogP contribution < -0.4 is 4.74 Å². The van der Waals surface area contributed by atoms with Crippen molar-refractivity contribution in [1.29, 1.82) is 5.26 Å². The molecular formula is C18H11NO3. The highest BCUT2D eigenvalue weighted by molar-refractivity contribution is 6.00. The van der Waals surface area contributed by atoms with Crippen molar-refractivity contribution in [2.45, 2.75) is 6.61 Å². The summed E-state index contributed by atoms with van der Waals surface area (Å²) >= 11 is 0. The highest BCUT2D eigenvalue weighted by Gasteiger charge is 2.22. The number of benzene rings is 3. The van der Waals surface area contributed by atoms with Gasteiger partial charge in [-0.2, -0.15) is 5.26 Å². The number of rotatable bonds is 0. The molecule has 4 nitrogen and oxygen atoms in total. The van der Waals surface area contributed by atoms with Gasteiger partial charge in [0.2, 0.25) is 0 Å². The third-order valence-corrected chi connectivity index (χ3v) is 3.94. The SMILES string of the molecule is N#Cc1cc2c(c3ccc(O)cc13)OCc1cc(O)ccc1-2. The number of hydrogen-bond donors (Lipinski definition) is 2. The van der Waals surface area contributed by atoms with Crippen LogP contribution in [0.3, 0.4) is 0 Å². The Kier molecular flexibility index (Phi) is 2.51. The van der Waals surface area contributed by atoms with E-state index in [1.54, 1.807) is 36.4 Å². The number of nitriles is 1. The van der Waals surface area contributed by atoms with Gasteiger partial charge >= 0.3 is 0 Å². The Balaban J connectivity index is 2.10. The van der Waals surface area contributed by atoms with E-state index in [4.69, 9.17) is 4.74 Å². The number of phenolic OH excluding ortho intramolecular Hbond substituents is 2. The molecule has 0 fully saturated rings. The van der Waals surface area contributed by atoms with Crippen LogP contribution in [0.15, 0.2) is 42.5 Å². The van der Waals surface area contributed by atoms with Crippen LogP contribution in [0.1, 0.15) is 11.1 Å². The lowest BCUT2D eigenvalue weighted by molar-refractivity contribution is 0.305. The van der Waals surface area contributed by atoms with Crippen molar-refractivity contribution in [3.05, 3.63) is 53.6 Å². The minimum Gasteiger partial charge on any atom is -0.508 e. The lowest BCUT2D eigenvalue weighted by Crippen LogP contribution is -2.06. The smallest absolute Gasteiger partial charge is 0.135 e. The van der Waals surface area contributed by atoms with Crippen LogP contribution in [0.25, 0.3) is 21.9 Å². The summed E-state index contributed by atoms with van der Waals surface area (Å²) in [4.78, 5) is 0. The average Bonchev–Trinajstić information content (AvgIpc) is 2.53. The summed E-state index contributed by atoms with van der Waals surface area (Å²) in [6.07, 6.45) is 0. The monoisotopic (exact) mass is 289 g/mol. The lowest BCUT2D eigenvalue weighted by Gasteiger charge is -2.23. The van der Waals surface area contributed by atoms with Crippen LogP contribution in [0.4, 0.5) is 0 Å². The number of aromatic hydroxyl groups is 2. The number of ether oxygens (including phenoxy) is 1. The third-order valence-electron chi connectivity index (χ3n) is 3.94. The maximum absolute atomic E-state index is 9.66. The zero-order valence-electron chi connectivity index (χ0n) is 11.5. The molecule has 0 amide bonds. The molecule has 2 N–H and O–H groups in total. The first kappa shape index (κ1) is 12.5. The summed E-state index contributed by atoms with van der Waals surface area (Å²) in [6.45, 7) is 0.360. The lowest BCUT2D eigenvalue weighted by atomic mass is 9.91. The second-order valence-electron chi connectivity index (χ2n) is 5.27. The van der Waals surface area contributed by atoms with E-state index < -0.39 is 0 Å². The highest BCUT2D eigenvalue weighted by atomic mass is 16.5. The Bertz CT molecular complexity index is 970. The largest absolute Gasteiger partial charge is 0.508 e. The van der Waals surface area contributed by atoms with Gasteiger partial charge in [-0.05, 0) is 42.0 Å². The number of fused-ring (bicyclic) bond motifs is 5. The molecule has 0 saturated heterocycles. The van der Waals surface area contributed by atoms with Crippen molar-refractivity contribution < 1.29 is 14.9 Å². The maximum atomic E-state index is 9.66. The van der Waals surface area contributed by atoms with Gasteiger partial charge in [0, 0.05) is 21.9 Å². The van der Waals surface area contributed by atoms with Gasteiger partial charge < -0.3 is 14.9 Å². The molecule has 0 aromatic heterocycles. The first-order chi connectivity index (χ1) is 10.7. The standard InChI is InChI=1S/C18H11NO3/c19-8-10-6-17-14-3-1-12(20)5-11(14)9-22-18(17)15-4-2-13(21)7-16(10)15/h1-7,20-21H,9H2. The van der Waals surface area contributed by atoms with E-state index in [0.717, 1.165) is 22.1 Å². The summed E-state index contributed by atoms with van der Waals surface area (Å²) in [5.41, 5.74) is 3.14. The molecule has 1 aliphatic heterocycles. The van der Waals surface area contributed by atoms with Crippen LogP contribution in [-0.2, 0) is 6.61 Å². The summed E-state index contributed by atoms with van der Waals surface area (Å²) in [5, 5.41) is 30.1. The van der Waals surface area contributed by atoms with E-state index in [0.29, 0.717) is 23.3 Å². The Morgan fingerprint density at radius 3 is 2.50 bits per heavy atom. The quantitative estimate of drug-likeness (QED) is 0.662. The molecule has 4 heteroatoms. The molecule has 1 aliphatic rings. The van der Waals surface area contributed by atoms with Gasteiger partial charge in [0.1, 0.15) is 23.9 Å². The molecule has 3 aromatic rings. The van der Waals surface area contributed by atoms with Crippen LogP contribution in [0.5, 0.6) is 17.2 Å². The molecule has 0 unspecified atom stereocenters.